The van der Waals surface area contributed by atoms with Gasteiger partial charge >= 0.3 is 0 Å². The Kier molecular flexibility index (Phi) is 3.40. The summed E-state index contributed by atoms with van der Waals surface area (Å²) in [6, 6.07) is 6.42. The van der Waals surface area contributed by atoms with Crippen molar-refractivity contribution < 1.29 is 4.74 Å². The van der Waals surface area contributed by atoms with Crippen molar-refractivity contribution in [2.45, 2.75) is 26.2 Å². The van der Waals surface area contributed by atoms with Crippen molar-refractivity contribution >= 4 is 5.69 Å². The Hall–Kier alpha value is -1.22. The molecule has 19 heavy (non-hydrogen) atoms. The molecule has 2 heterocycles. The number of ether oxygens (including phenoxy) is 1. The Morgan fingerprint density at radius 2 is 2.32 bits per heavy atom. The Morgan fingerprint density at radius 3 is 3.11 bits per heavy atom. The molecule has 3 heteroatoms. The minimum absolute atomic E-state index is 0.298. The minimum atomic E-state index is 0.298. The number of fused-ring (bicyclic) bond motifs is 1. The van der Waals surface area contributed by atoms with Gasteiger partial charge < -0.3 is 15.0 Å². The number of nitrogens with one attached hydrogen (secondary N) is 1. The number of aryl methyl sites for hydroxylation is 1. The number of hydrogen-bond donors (Lipinski definition) is 1. The Morgan fingerprint density at radius 1 is 1.42 bits per heavy atom. The average Bonchev–Trinajstić information content (AvgIpc) is 2.77. The zero-order valence-corrected chi connectivity index (χ0v) is 12.0. The third kappa shape index (κ3) is 2.71. The van der Waals surface area contributed by atoms with Crippen molar-refractivity contribution in [2.75, 3.05) is 38.6 Å². The van der Waals surface area contributed by atoms with Gasteiger partial charge in [-0.2, -0.15) is 0 Å². The fraction of sp³-hybridized carbons (Fsp3) is 0.625. The lowest BCUT2D eigenvalue weighted by atomic mass is 9.91. The molecule has 0 radical (unpaired) electrons. The lowest BCUT2D eigenvalue weighted by Crippen LogP contribution is -2.28. The van der Waals surface area contributed by atoms with E-state index >= 15 is 0 Å². The SMILES string of the molecule is CN1CCC(C)(COc2cccc3c2NCCC3)C1. The number of para-hydroxylation sites is 1. The van der Waals surface area contributed by atoms with Gasteiger partial charge in [0.15, 0.2) is 0 Å². The largest absolute Gasteiger partial charge is 0.491 e. The van der Waals surface area contributed by atoms with Crippen molar-refractivity contribution in [3.63, 3.8) is 0 Å². The predicted octanol–water partition coefficient (Wildman–Crippen LogP) is 2.77. The van der Waals surface area contributed by atoms with E-state index in [9.17, 15) is 0 Å². The van der Waals surface area contributed by atoms with E-state index in [1.807, 2.05) is 0 Å². The van der Waals surface area contributed by atoms with Crippen LogP contribution in [0.25, 0.3) is 0 Å². The molecule has 1 aromatic carbocycles. The molecule has 1 fully saturated rings. The van der Waals surface area contributed by atoms with Crippen LogP contribution in [-0.2, 0) is 6.42 Å². The number of anilines is 1. The fourth-order valence-electron chi connectivity index (χ4n) is 3.24. The van der Waals surface area contributed by atoms with Crippen molar-refractivity contribution in [3.05, 3.63) is 23.8 Å². The zero-order valence-electron chi connectivity index (χ0n) is 12.0. The molecule has 1 aromatic rings. The summed E-state index contributed by atoms with van der Waals surface area (Å²) < 4.78 is 6.15. The van der Waals surface area contributed by atoms with Crippen molar-refractivity contribution in [2.24, 2.45) is 5.41 Å². The first-order valence-electron chi connectivity index (χ1n) is 7.33. The number of hydrogen-bond acceptors (Lipinski definition) is 3. The molecule has 1 atom stereocenters. The molecule has 0 bridgehead atoms. The van der Waals surface area contributed by atoms with Crippen molar-refractivity contribution in [3.8, 4) is 5.75 Å². The highest BCUT2D eigenvalue weighted by Crippen LogP contribution is 2.35. The molecule has 2 aliphatic rings. The number of nitrogens with zero attached hydrogens (tertiary/aromatic N) is 1. The van der Waals surface area contributed by atoms with E-state index in [2.05, 4.69) is 42.4 Å². The number of rotatable bonds is 3. The summed E-state index contributed by atoms with van der Waals surface area (Å²) in [4.78, 5) is 2.39. The number of benzene rings is 1. The lowest BCUT2D eigenvalue weighted by molar-refractivity contribution is 0.169. The van der Waals surface area contributed by atoms with Crippen molar-refractivity contribution in [1.82, 2.24) is 4.90 Å². The molecule has 0 spiro atoms. The van der Waals surface area contributed by atoms with Crippen LogP contribution in [-0.4, -0.2) is 38.2 Å². The normalized spacial score (nSPS) is 26.8. The predicted molar refractivity (Wildman–Crippen MR) is 79.0 cm³/mol. The second kappa shape index (κ2) is 5.04. The van der Waals surface area contributed by atoms with Crippen LogP contribution in [0.15, 0.2) is 18.2 Å². The van der Waals surface area contributed by atoms with Crippen LogP contribution in [0.2, 0.25) is 0 Å². The first kappa shape index (κ1) is 12.8. The van der Waals surface area contributed by atoms with Gasteiger partial charge in [-0.25, -0.2) is 0 Å². The highest BCUT2D eigenvalue weighted by Gasteiger charge is 2.33. The van der Waals surface area contributed by atoms with Gasteiger partial charge in [0.05, 0.1) is 12.3 Å². The average molecular weight is 260 g/mol. The molecule has 0 saturated carbocycles. The smallest absolute Gasteiger partial charge is 0.142 e. The van der Waals surface area contributed by atoms with E-state index in [4.69, 9.17) is 4.74 Å². The molecule has 3 rings (SSSR count). The van der Waals surface area contributed by atoms with Crippen LogP contribution >= 0.6 is 0 Å². The summed E-state index contributed by atoms with van der Waals surface area (Å²) in [6.45, 7) is 6.53. The van der Waals surface area contributed by atoms with Gasteiger partial charge in [0.1, 0.15) is 5.75 Å². The second-order valence-electron chi connectivity index (χ2n) is 6.41. The van der Waals surface area contributed by atoms with Gasteiger partial charge in [-0.05, 0) is 44.5 Å². The Labute approximate surface area is 115 Å². The molecule has 3 nitrogen and oxygen atoms in total. The minimum Gasteiger partial charge on any atom is -0.491 e. The highest BCUT2D eigenvalue weighted by atomic mass is 16.5. The summed E-state index contributed by atoms with van der Waals surface area (Å²) in [5, 5.41) is 3.49. The molecule has 104 valence electrons. The van der Waals surface area contributed by atoms with Crippen LogP contribution < -0.4 is 10.1 Å². The van der Waals surface area contributed by atoms with Crippen LogP contribution in [0.3, 0.4) is 0 Å². The second-order valence-corrected chi connectivity index (χ2v) is 6.41. The maximum atomic E-state index is 6.15. The summed E-state index contributed by atoms with van der Waals surface area (Å²) in [7, 11) is 2.19. The molecule has 2 aliphatic heterocycles. The summed E-state index contributed by atoms with van der Waals surface area (Å²) in [6.07, 6.45) is 3.62. The van der Waals surface area contributed by atoms with Gasteiger partial charge in [0, 0.05) is 18.5 Å². The first-order valence-corrected chi connectivity index (χ1v) is 7.33. The van der Waals surface area contributed by atoms with Gasteiger partial charge in [-0.3, -0.25) is 0 Å². The summed E-state index contributed by atoms with van der Waals surface area (Å²) in [5.74, 6) is 1.04. The van der Waals surface area contributed by atoms with Gasteiger partial charge in [0.25, 0.3) is 0 Å². The topological polar surface area (TPSA) is 24.5 Å². The first-order chi connectivity index (χ1) is 9.16. The van der Waals surface area contributed by atoms with E-state index in [1.54, 1.807) is 0 Å². The van der Waals surface area contributed by atoms with Crippen LogP contribution in [0.1, 0.15) is 25.3 Å². The molecule has 0 amide bonds. The maximum Gasteiger partial charge on any atom is 0.142 e. The summed E-state index contributed by atoms with van der Waals surface area (Å²) in [5.41, 5.74) is 2.92. The lowest BCUT2D eigenvalue weighted by Gasteiger charge is -2.26. The van der Waals surface area contributed by atoms with E-state index in [0.29, 0.717) is 5.41 Å². The van der Waals surface area contributed by atoms with E-state index in [1.165, 1.54) is 37.1 Å². The molecule has 1 unspecified atom stereocenters. The quantitative estimate of drug-likeness (QED) is 0.904. The van der Waals surface area contributed by atoms with Gasteiger partial charge in [-0.1, -0.05) is 19.1 Å². The van der Waals surface area contributed by atoms with E-state index < -0.39 is 0 Å². The van der Waals surface area contributed by atoms with Gasteiger partial charge in [0.2, 0.25) is 0 Å². The monoisotopic (exact) mass is 260 g/mol. The molecule has 1 N–H and O–H groups in total. The highest BCUT2D eigenvalue weighted by molar-refractivity contribution is 5.63. The Balaban J connectivity index is 1.70. The fourth-order valence-corrected chi connectivity index (χ4v) is 3.24. The van der Waals surface area contributed by atoms with Crippen LogP contribution in [0, 0.1) is 5.41 Å². The maximum absolute atomic E-state index is 6.15. The van der Waals surface area contributed by atoms with E-state index in [0.717, 1.165) is 25.4 Å². The van der Waals surface area contributed by atoms with Crippen LogP contribution in [0.4, 0.5) is 5.69 Å². The molecular weight excluding hydrogens is 236 g/mol. The number of likely N-dealkylation sites (tertiary alicyclic amines) is 1. The van der Waals surface area contributed by atoms with Crippen molar-refractivity contribution in [1.29, 1.82) is 0 Å². The molecule has 1 saturated heterocycles. The zero-order chi connectivity index (χ0) is 13.3. The molecule has 0 aliphatic carbocycles. The standard InChI is InChI=1S/C16H24N2O/c1-16(8-10-18(2)11-16)12-19-14-7-3-5-13-6-4-9-17-15(13)14/h3,5,7,17H,4,6,8-12H2,1-2H3. The van der Waals surface area contributed by atoms with E-state index in [-0.39, 0.29) is 0 Å². The van der Waals surface area contributed by atoms with Gasteiger partial charge in [-0.15, -0.1) is 0 Å². The summed E-state index contributed by atoms with van der Waals surface area (Å²) >= 11 is 0. The third-order valence-electron chi connectivity index (χ3n) is 4.36. The molecular formula is C16H24N2O. The third-order valence-corrected chi connectivity index (χ3v) is 4.36. The van der Waals surface area contributed by atoms with Crippen LogP contribution in [0.5, 0.6) is 5.75 Å². The Bertz CT molecular complexity index is 460. The molecule has 0 aromatic heterocycles.